The van der Waals surface area contributed by atoms with Crippen LogP contribution in [-0.4, -0.2) is 61.6 Å². The third kappa shape index (κ3) is 12.4. The Morgan fingerprint density at radius 1 is 1.07 bits per heavy atom. The molecular formula is C23H44IN5. The fourth-order valence-electron chi connectivity index (χ4n) is 3.21. The van der Waals surface area contributed by atoms with Gasteiger partial charge in [-0.25, -0.2) is 4.99 Å². The maximum Gasteiger partial charge on any atom is 0.191 e. The molecule has 29 heavy (non-hydrogen) atoms. The molecule has 0 radical (unpaired) electrons. The molecule has 0 fully saturated rings. The number of aliphatic imine (C=N–C) groups is 1. The van der Waals surface area contributed by atoms with Gasteiger partial charge in [-0.15, -0.1) is 24.0 Å². The fourth-order valence-corrected chi connectivity index (χ4v) is 3.21. The van der Waals surface area contributed by atoms with Gasteiger partial charge in [-0.1, -0.05) is 45.0 Å². The van der Waals surface area contributed by atoms with Crippen molar-refractivity contribution in [2.24, 2.45) is 4.99 Å². The molecule has 6 heteroatoms. The van der Waals surface area contributed by atoms with Gasteiger partial charge in [-0.3, -0.25) is 0 Å². The van der Waals surface area contributed by atoms with Crippen LogP contribution in [0.15, 0.2) is 29.3 Å². The summed E-state index contributed by atoms with van der Waals surface area (Å²) in [5.74, 6) is 0.911. The fraction of sp³-hybridized carbons (Fsp3) is 0.696. The van der Waals surface area contributed by atoms with Crippen LogP contribution in [-0.2, 0) is 13.1 Å². The van der Waals surface area contributed by atoms with Gasteiger partial charge in [0.1, 0.15) is 0 Å². The Kier molecular flexibility index (Phi) is 16.4. The largest absolute Gasteiger partial charge is 0.357 e. The summed E-state index contributed by atoms with van der Waals surface area (Å²) in [7, 11) is 2.15. The maximum atomic E-state index is 4.81. The highest BCUT2D eigenvalue weighted by molar-refractivity contribution is 14.0. The molecule has 1 aromatic rings. The lowest BCUT2D eigenvalue weighted by Crippen LogP contribution is -2.42. The van der Waals surface area contributed by atoms with Crippen molar-refractivity contribution in [2.45, 2.75) is 66.6 Å². The van der Waals surface area contributed by atoms with E-state index in [1.807, 2.05) is 0 Å². The molecule has 0 spiro atoms. The van der Waals surface area contributed by atoms with E-state index >= 15 is 0 Å². The minimum absolute atomic E-state index is 0. The molecule has 1 aromatic carbocycles. The Bertz CT molecular complexity index is 560. The Labute approximate surface area is 196 Å². The van der Waals surface area contributed by atoms with Crippen molar-refractivity contribution in [1.29, 1.82) is 0 Å². The number of hydrogen-bond donors (Lipinski definition) is 2. The standard InChI is InChI=1S/C23H43N5.HI/c1-7-24-23(26-20(5)13-12-16-28(9-3)10-4)25-18-21-14-11-15-22(17-21)19-27(6)8-2;/h11,14-15,17,20H,7-10,12-13,16,18-19H2,1-6H3,(H2,24,25,26);1H. The SMILES string of the molecule is CCNC(=NCc1cccc(CN(C)CC)c1)NC(C)CCCN(CC)CC.I. The quantitative estimate of drug-likeness (QED) is 0.232. The maximum absolute atomic E-state index is 4.81. The predicted molar refractivity (Wildman–Crippen MR) is 138 cm³/mol. The van der Waals surface area contributed by atoms with Gasteiger partial charge < -0.3 is 20.4 Å². The topological polar surface area (TPSA) is 42.9 Å². The van der Waals surface area contributed by atoms with Crippen molar-refractivity contribution in [3.05, 3.63) is 35.4 Å². The van der Waals surface area contributed by atoms with E-state index in [0.29, 0.717) is 12.6 Å². The van der Waals surface area contributed by atoms with Gasteiger partial charge in [0, 0.05) is 19.1 Å². The molecule has 0 heterocycles. The summed E-state index contributed by atoms with van der Waals surface area (Å²) < 4.78 is 0. The molecule has 0 amide bonds. The number of hydrogen-bond acceptors (Lipinski definition) is 3. The second kappa shape index (κ2) is 16.9. The highest BCUT2D eigenvalue weighted by atomic mass is 127. The lowest BCUT2D eigenvalue weighted by Gasteiger charge is -2.21. The number of halogens is 1. The van der Waals surface area contributed by atoms with Crippen molar-refractivity contribution < 1.29 is 0 Å². The summed E-state index contributed by atoms with van der Waals surface area (Å²) >= 11 is 0. The summed E-state index contributed by atoms with van der Waals surface area (Å²) in [6.07, 6.45) is 2.36. The molecule has 1 unspecified atom stereocenters. The van der Waals surface area contributed by atoms with Crippen LogP contribution < -0.4 is 10.6 Å². The average Bonchev–Trinajstić information content (AvgIpc) is 2.69. The first kappa shape index (κ1) is 28.1. The van der Waals surface area contributed by atoms with Crippen molar-refractivity contribution in [3.8, 4) is 0 Å². The van der Waals surface area contributed by atoms with Crippen LogP contribution in [0.1, 0.15) is 58.6 Å². The van der Waals surface area contributed by atoms with Crippen molar-refractivity contribution >= 4 is 29.9 Å². The zero-order chi connectivity index (χ0) is 20.8. The van der Waals surface area contributed by atoms with E-state index in [9.17, 15) is 0 Å². The molecule has 0 aromatic heterocycles. The molecule has 0 aliphatic carbocycles. The lowest BCUT2D eigenvalue weighted by molar-refractivity contribution is 0.292. The predicted octanol–water partition coefficient (Wildman–Crippen LogP) is 4.32. The monoisotopic (exact) mass is 517 g/mol. The number of nitrogens with zero attached hydrogens (tertiary/aromatic N) is 3. The van der Waals surface area contributed by atoms with Crippen LogP contribution in [0.4, 0.5) is 0 Å². The van der Waals surface area contributed by atoms with Gasteiger partial charge in [0.25, 0.3) is 0 Å². The van der Waals surface area contributed by atoms with Crippen molar-refractivity contribution in [3.63, 3.8) is 0 Å². The lowest BCUT2D eigenvalue weighted by atomic mass is 10.1. The Morgan fingerprint density at radius 3 is 2.38 bits per heavy atom. The summed E-state index contributed by atoms with van der Waals surface area (Å²) in [6, 6.07) is 9.18. The van der Waals surface area contributed by atoms with E-state index in [-0.39, 0.29) is 24.0 Å². The van der Waals surface area contributed by atoms with Crippen LogP contribution in [0.2, 0.25) is 0 Å². The first-order valence-electron chi connectivity index (χ1n) is 11.1. The molecule has 1 atom stereocenters. The minimum atomic E-state index is 0. The Balaban J connectivity index is 0.00000784. The second-order valence-corrected chi connectivity index (χ2v) is 7.56. The smallest absolute Gasteiger partial charge is 0.191 e. The number of guanidine groups is 1. The highest BCUT2D eigenvalue weighted by Gasteiger charge is 2.07. The van der Waals surface area contributed by atoms with Gasteiger partial charge in [0.05, 0.1) is 6.54 Å². The molecule has 5 nitrogen and oxygen atoms in total. The Morgan fingerprint density at radius 2 is 1.76 bits per heavy atom. The van der Waals surface area contributed by atoms with Gasteiger partial charge in [0.2, 0.25) is 0 Å². The van der Waals surface area contributed by atoms with Crippen molar-refractivity contribution in [2.75, 3.05) is 39.8 Å². The van der Waals surface area contributed by atoms with E-state index < -0.39 is 0 Å². The Hall–Kier alpha value is -0.860. The first-order chi connectivity index (χ1) is 13.5. The highest BCUT2D eigenvalue weighted by Crippen LogP contribution is 2.09. The molecule has 168 valence electrons. The van der Waals surface area contributed by atoms with Crippen LogP contribution in [0.5, 0.6) is 0 Å². The first-order valence-corrected chi connectivity index (χ1v) is 11.1. The van der Waals surface area contributed by atoms with Crippen LogP contribution in [0.3, 0.4) is 0 Å². The van der Waals surface area contributed by atoms with Gasteiger partial charge in [-0.2, -0.15) is 0 Å². The zero-order valence-electron chi connectivity index (χ0n) is 19.5. The number of nitrogens with one attached hydrogen (secondary N) is 2. The summed E-state index contributed by atoms with van der Waals surface area (Å²) in [5.41, 5.74) is 2.60. The molecule has 0 saturated heterocycles. The molecule has 0 bridgehead atoms. The number of benzene rings is 1. The average molecular weight is 518 g/mol. The third-order valence-electron chi connectivity index (χ3n) is 5.14. The molecule has 0 saturated carbocycles. The molecule has 1 rings (SSSR count). The molecule has 0 aliphatic rings. The van der Waals surface area contributed by atoms with E-state index in [2.05, 4.69) is 86.4 Å². The second-order valence-electron chi connectivity index (χ2n) is 7.56. The number of rotatable bonds is 13. The van der Waals surface area contributed by atoms with Gasteiger partial charge in [-0.05, 0) is 71.0 Å². The zero-order valence-corrected chi connectivity index (χ0v) is 21.8. The van der Waals surface area contributed by atoms with Crippen LogP contribution in [0, 0.1) is 0 Å². The van der Waals surface area contributed by atoms with E-state index in [1.165, 1.54) is 24.1 Å². The third-order valence-corrected chi connectivity index (χ3v) is 5.14. The van der Waals surface area contributed by atoms with Crippen LogP contribution in [0.25, 0.3) is 0 Å². The van der Waals surface area contributed by atoms with Crippen LogP contribution >= 0.6 is 24.0 Å². The van der Waals surface area contributed by atoms with E-state index in [0.717, 1.165) is 45.1 Å². The minimum Gasteiger partial charge on any atom is -0.357 e. The molecule has 2 N–H and O–H groups in total. The summed E-state index contributed by atoms with van der Waals surface area (Å²) in [5, 5.41) is 6.95. The summed E-state index contributed by atoms with van der Waals surface area (Å²) in [4.78, 5) is 9.60. The normalized spacial score (nSPS) is 12.8. The molecule has 0 aliphatic heterocycles. The summed E-state index contributed by atoms with van der Waals surface area (Å²) in [6.45, 7) is 18.1. The van der Waals surface area contributed by atoms with E-state index in [4.69, 9.17) is 4.99 Å². The van der Waals surface area contributed by atoms with Gasteiger partial charge in [0.15, 0.2) is 5.96 Å². The molecular weight excluding hydrogens is 473 g/mol. The van der Waals surface area contributed by atoms with Gasteiger partial charge >= 0.3 is 0 Å². The van der Waals surface area contributed by atoms with Crippen molar-refractivity contribution in [1.82, 2.24) is 20.4 Å². The van der Waals surface area contributed by atoms with E-state index in [1.54, 1.807) is 0 Å².